The van der Waals surface area contributed by atoms with Crippen LogP contribution in [0.15, 0.2) is 72.0 Å². The summed E-state index contributed by atoms with van der Waals surface area (Å²) in [6.45, 7) is 0.458. The second-order valence-corrected chi connectivity index (χ2v) is 9.54. The second-order valence-electron chi connectivity index (χ2n) is 7.72. The van der Waals surface area contributed by atoms with Crippen LogP contribution in [0.5, 0.6) is 11.5 Å². The Morgan fingerprint density at radius 2 is 1.89 bits per heavy atom. The van der Waals surface area contributed by atoms with Gasteiger partial charge in [-0.2, -0.15) is 0 Å². The van der Waals surface area contributed by atoms with Crippen LogP contribution in [0.3, 0.4) is 0 Å². The summed E-state index contributed by atoms with van der Waals surface area (Å²) in [5.74, 6) is -0.164. The summed E-state index contributed by atoms with van der Waals surface area (Å²) in [6, 6.07) is 12.3. The highest BCUT2D eigenvalue weighted by Crippen LogP contribution is 2.32. The SMILES string of the molecule is CNCc1cn(S(=O)(=O)c2cccnc2)c2cc(Cc3ccc(OC(F)(F)F)cc3OC)ccc12. The van der Waals surface area contributed by atoms with Crippen molar-refractivity contribution in [3.05, 3.63) is 83.8 Å². The first-order chi connectivity index (χ1) is 16.6. The van der Waals surface area contributed by atoms with Crippen LogP contribution in [0.2, 0.25) is 0 Å². The van der Waals surface area contributed by atoms with Gasteiger partial charge in [0.15, 0.2) is 0 Å². The third-order valence-corrected chi connectivity index (χ3v) is 7.02. The predicted molar refractivity (Wildman–Crippen MR) is 124 cm³/mol. The molecule has 0 spiro atoms. The van der Waals surface area contributed by atoms with Gasteiger partial charge in [-0.3, -0.25) is 4.98 Å². The number of nitrogens with zero attached hydrogens (tertiary/aromatic N) is 2. The Balaban J connectivity index is 1.76. The zero-order chi connectivity index (χ0) is 25.2. The third kappa shape index (κ3) is 5.25. The van der Waals surface area contributed by atoms with Crippen LogP contribution in [0.1, 0.15) is 16.7 Å². The van der Waals surface area contributed by atoms with Gasteiger partial charge in [-0.05, 0) is 48.0 Å². The molecule has 0 saturated heterocycles. The van der Waals surface area contributed by atoms with E-state index in [0.717, 1.165) is 16.5 Å². The lowest BCUT2D eigenvalue weighted by Gasteiger charge is -2.13. The highest BCUT2D eigenvalue weighted by atomic mass is 32.2. The Hall–Kier alpha value is -3.57. The van der Waals surface area contributed by atoms with E-state index >= 15 is 0 Å². The van der Waals surface area contributed by atoms with Crippen molar-refractivity contribution in [3.8, 4) is 11.5 Å². The van der Waals surface area contributed by atoms with Gasteiger partial charge in [0.1, 0.15) is 16.4 Å². The first kappa shape index (κ1) is 24.6. The van der Waals surface area contributed by atoms with Crippen molar-refractivity contribution in [1.82, 2.24) is 14.3 Å². The molecule has 35 heavy (non-hydrogen) atoms. The fourth-order valence-corrected chi connectivity index (χ4v) is 5.20. The Bertz CT molecular complexity index is 1450. The molecule has 0 fully saturated rings. The molecule has 2 heterocycles. The molecule has 1 N–H and O–H groups in total. The van der Waals surface area contributed by atoms with Gasteiger partial charge in [-0.25, -0.2) is 12.4 Å². The molecule has 4 aromatic rings. The van der Waals surface area contributed by atoms with E-state index in [1.54, 1.807) is 25.4 Å². The maximum atomic E-state index is 13.4. The van der Waals surface area contributed by atoms with E-state index < -0.39 is 16.4 Å². The lowest BCUT2D eigenvalue weighted by molar-refractivity contribution is -0.274. The normalized spacial score (nSPS) is 12.1. The van der Waals surface area contributed by atoms with Gasteiger partial charge >= 0.3 is 6.36 Å². The number of nitrogens with one attached hydrogen (secondary N) is 1. The monoisotopic (exact) mass is 505 g/mol. The molecule has 11 heteroatoms. The predicted octanol–water partition coefficient (Wildman–Crippen LogP) is 4.49. The number of benzene rings is 2. The van der Waals surface area contributed by atoms with E-state index in [1.165, 1.54) is 47.7 Å². The first-order valence-electron chi connectivity index (χ1n) is 10.5. The van der Waals surface area contributed by atoms with Gasteiger partial charge in [-0.1, -0.05) is 18.2 Å². The van der Waals surface area contributed by atoms with Crippen molar-refractivity contribution >= 4 is 20.9 Å². The fraction of sp³-hybridized carbons (Fsp3) is 0.208. The molecular weight excluding hydrogens is 483 g/mol. The Morgan fingerprint density at radius 3 is 2.54 bits per heavy atom. The van der Waals surface area contributed by atoms with Crippen molar-refractivity contribution in [3.63, 3.8) is 0 Å². The molecule has 2 aromatic heterocycles. The smallest absolute Gasteiger partial charge is 0.496 e. The number of pyridine rings is 1. The molecule has 0 aliphatic carbocycles. The number of fused-ring (bicyclic) bond motifs is 1. The molecule has 0 bridgehead atoms. The Kier molecular flexibility index (Phi) is 6.73. The van der Waals surface area contributed by atoms with Gasteiger partial charge in [-0.15, -0.1) is 13.2 Å². The lowest BCUT2D eigenvalue weighted by Crippen LogP contribution is -2.17. The number of aromatic nitrogens is 2. The molecule has 0 atom stereocenters. The Labute approximate surface area is 200 Å². The maximum absolute atomic E-state index is 13.4. The van der Waals surface area contributed by atoms with E-state index in [-0.39, 0.29) is 16.4 Å². The van der Waals surface area contributed by atoms with Crippen LogP contribution in [-0.4, -0.2) is 37.9 Å². The average Bonchev–Trinajstić information content (AvgIpc) is 3.18. The molecule has 2 aromatic carbocycles. The van der Waals surface area contributed by atoms with E-state index in [2.05, 4.69) is 15.0 Å². The van der Waals surface area contributed by atoms with Crippen molar-refractivity contribution < 1.29 is 31.1 Å². The standard InChI is InChI=1S/C24H22F3N3O4S/c1-28-13-18-15-30(35(31,32)20-4-3-9-29-14-20)22-11-16(5-8-21(18)22)10-17-6-7-19(12-23(17)33-2)34-24(25,26)27/h3-9,11-12,14-15,28H,10,13H2,1-2H3. The summed E-state index contributed by atoms with van der Waals surface area (Å²) < 4.78 is 74.9. The number of hydrogen-bond donors (Lipinski definition) is 1. The minimum Gasteiger partial charge on any atom is -0.496 e. The van der Waals surface area contributed by atoms with Crippen LogP contribution in [0.4, 0.5) is 13.2 Å². The third-order valence-electron chi connectivity index (χ3n) is 5.36. The van der Waals surface area contributed by atoms with Crippen molar-refractivity contribution in [2.75, 3.05) is 14.2 Å². The van der Waals surface area contributed by atoms with Crippen molar-refractivity contribution in [1.29, 1.82) is 0 Å². The topological polar surface area (TPSA) is 82.5 Å². The molecule has 0 radical (unpaired) electrons. The fourth-order valence-electron chi connectivity index (χ4n) is 3.85. The molecule has 0 aliphatic heterocycles. The molecule has 0 unspecified atom stereocenters. The molecular formula is C24H22F3N3O4S. The molecule has 0 aliphatic rings. The summed E-state index contributed by atoms with van der Waals surface area (Å²) in [6.07, 6.45) is -0.149. The van der Waals surface area contributed by atoms with Gasteiger partial charge in [0.2, 0.25) is 0 Å². The molecule has 4 rings (SSSR count). The van der Waals surface area contributed by atoms with Crippen molar-refractivity contribution in [2.24, 2.45) is 0 Å². The summed E-state index contributed by atoms with van der Waals surface area (Å²) in [5, 5.41) is 3.80. The number of methoxy groups -OCH3 is 1. The molecule has 0 amide bonds. The Morgan fingerprint density at radius 1 is 1.09 bits per heavy atom. The summed E-state index contributed by atoms with van der Waals surface area (Å²) in [5.41, 5.74) is 2.64. The van der Waals surface area contributed by atoms with Crippen LogP contribution in [0.25, 0.3) is 10.9 Å². The van der Waals surface area contributed by atoms with Gasteiger partial charge in [0.25, 0.3) is 10.0 Å². The molecule has 184 valence electrons. The summed E-state index contributed by atoms with van der Waals surface area (Å²) in [4.78, 5) is 3.98. The van der Waals surface area contributed by atoms with Crippen LogP contribution < -0.4 is 14.8 Å². The van der Waals surface area contributed by atoms with Crippen LogP contribution in [-0.2, 0) is 23.0 Å². The number of rotatable bonds is 8. The second kappa shape index (κ2) is 9.59. The maximum Gasteiger partial charge on any atom is 0.573 e. The number of halogens is 3. The largest absolute Gasteiger partial charge is 0.573 e. The quantitative estimate of drug-likeness (QED) is 0.380. The summed E-state index contributed by atoms with van der Waals surface area (Å²) >= 11 is 0. The highest BCUT2D eigenvalue weighted by Gasteiger charge is 2.31. The first-order valence-corrected chi connectivity index (χ1v) is 11.9. The molecule has 0 saturated carbocycles. The van der Waals surface area contributed by atoms with Crippen LogP contribution in [0, 0.1) is 0 Å². The van der Waals surface area contributed by atoms with Gasteiger partial charge in [0, 0.05) is 43.0 Å². The lowest BCUT2D eigenvalue weighted by atomic mass is 10.0. The minimum absolute atomic E-state index is 0.0558. The molecule has 7 nitrogen and oxygen atoms in total. The van der Waals surface area contributed by atoms with E-state index in [9.17, 15) is 21.6 Å². The van der Waals surface area contributed by atoms with E-state index in [0.29, 0.717) is 24.0 Å². The van der Waals surface area contributed by atoms with Gasteiger partial charge < -0.3 is 14.8 Å². The zero-order valence-electron chi connectivity index (χ0n) is 18.8. The number of hydrogen-bond acceptors (Lipinski definition) is 6. The highest BCUT2D eigenvalue weighted by molar-refractivity contribution is 7.90. The zero-order valence-corrected chi connectivity index (χ0v) is 19.7. The minimum atomic E-state index is -4.81. The number of ether oxygens (including phenoxy) is 2. The van der Waals surface area contributed by atoms with E-state index in [1.807, 2.05) is 12.1 Å². The van der Waals surface area contributed by atoms with E-state index in [4.69, 9.17) is 4.74 Å². The summed E-state index contributed by atoms with van der Waals surface area (Å²) in [7, 11) is -0.784. The van der Waals surface area contributed by atoms with Gasteiger partial charge in [0.05, 0.1) is 12.6 Å². The average molecular weight is 506 g/mol. The number of alkyl halides is 3. The van der Waals surface area contributed by atoms with Crippen LogP contribution >= 0.6 is 0 Å². The van der Waals surface area contributed by atoms with Crippen molar-refractivity contribution in [2.45, 2.75) is 24.2 Å².